The van der Waals surface area contributed by atoms with Gasteiger partial charge in [-0.15, -0.1) is 0 Å². The van der Waals surface area contributed by atoms with Crippen molar-refractivity contribution in [2.75, 3.05) is 25.6 Å². The number of benzene rings is 1. The first-order valence-electron chi connectivity index (χ1n) is 4.97. The zero-order valence-corrected chi connectivity index (χ0v) is 10.1. The fourth-order valence-corrected chi connectivity index (χ4v) is 2.79. The van der Waals surface area contributed by atoms with Crippen LogP contribution in [-0.4, -0.2) is 26.7 Å². The molecule has 0 N–H and O–H groups in total. The number of carbonyl (C=O) groups is 1. The van der Waals surface area contributed by atoms with Gasteiger partial charge in [-0.25, -0.2) is 4.79 Å². The Morgan fingerprint density at radius 3 is 3.00 bits per heavy atom. The minimum absolute atomic E-state index is 0.296. The van der Waals surface area contributed by atoms with Gasteiger partial charge in [0.2, 0.25) is 0 Å². The molecule has 0 saturated carbocycles. The number of methoxy groups -OCH3 is 1. The number of likely N-dealkylation sites (N-methyl/N-ethyl adjacent to an activating group) is 1. The number of rotatable bonds is 1. The summed E-state index contributed by atoms with van der Waals surface area (Å²) >= 11 is 1.62. The molecule has 0 atom stereocenters. The first kappa shape index (κ1) is 11.1. The molecule has 16 heavy (non-hydrogen) atoms. The van der Waals surface area contributed by atoms with E-state index in [0.29, 0.717) is 0 Å². The molecular weight excluding hydrogens is 222 g/mol. The first-order valence-corrected chi connectivity index (χ1v) is 5.79. The third-order valence-corrected chi connectivity index (χ3v) is 3.46. The number of ether oxygens (including phenoxy) is 1. The molecule has 0 saturated heterocycles. The predicted octanol–water partition coefficient (Wildman–Crippen LogP) is 2.29. The maximum absolute atomic E-state index is 11.2. The maximum Gasteiger partial charge on any atom is 0.331 e. The van der Waals surface area contributed by atoms with Crippen molar-refractivity contribution in [1.82, 2.24) is 0 Å². The predicted molar refractivity (Wildman–Crippen MR) is 65.7 cm³/mol. The molecule has 1 aliphatic rings. The Bertz CT molecular complexity index is 442. The fraction of sp³-hybridized carbons (Fsp3) is 0.250. The molecule has 0 aromatic heterocycles. The van der Waals surface area contributed by atoms with Crippen LogP contribution in [0, 0.1) is 0 Å². The highest BCUT2D eigenvalue weighted by Gasteiger charge is 2.18. The van der Waals surface area contributed by atoms with Crippen LogP contribution in [0.1, 0.15) is 0 Å². The number of hydrogen-bond acceptors (Lipinski definition) is 4. The van der Waals surface area contributed by atoms with Gasteiger partial charge in [0.05, 0.1) is 12.8 Å². The first-order chi connectivity index (χ1) is 7.70. The van der Waals surface area contributed by atoms with E-state index in [9.17, 15) is 4.79 Å². The molecule has 0 unspecified atom stereocenters. The van der Waals surface area contributed by atoms with E-state index in [2.05, 4.69) is 21.8 Å². The van der Waals surface area contributed by atoms with Crippen molar-refractivity contribution < 1.29 is 9.53 Å². The van der Waals surface area contributed by atoms with E-state index in [0.717, 1.165) is 11.4 Å². The number of fused-ring (bicyclic) bond motifs is 1. The normalized spacial score (nSPS) is 17.1. The molecule has 0 aliphatic carbocycles. The summed E-state index contributed by atoms with van der Waals surface area (Å²) in [5.74, 6) is -0.296. The van der Waals surface area contributed by atoms with Crippen LogP contribution in [0.4, 0.5) is 5.69 Å². The Balaban J connectivity index is 2.27. The Morgan fingerprint density at radius 1 is 1.50 bits per heavy atom. The maximum atomic E-state index is 11.2. The molecule has 1 heterocycles. The quantitative estimate of drug-likeness (QED) is 0.552. The monoisotopic (exact) mass is 235 g/mol. The van der Waals surface area contributed by atoms with Crippen molar-refractivity contribution in [1.29, 1.82) is 0 Å². The third kappa shape index (κ3) is 2.22. The van der Waals surface area contributed by atoms with Crippen molar-refractivity contribution in [2.24, 2.45) is 0 Å². The van der Waals surface area contributed by atoms with Crippen LogP contribution >= 0.6 is 11.8 Å². The third-order valence-electron chi connectivity index (χ3n) is 2.39. The van der Waals surface area contributed by atoms with Crippen LogP contribution < -0.4 is 4.90 Å². The molecule has 1 aromatic carbocycles. The van der Waals surface area contributed by atoms with Crippen LogP contribution in [0.2, 0.25) is 0 Å². The summed E-state index contributed by atoms with van der Waals surface area (Å²) in [4.78, 5) is 15.5. The fourth-order valence-electron chi connectivity index (χ4n) is 1.62. The summed E-state index contributed by atoms with van der Waals surface area (Å²) in [7, 11) is 3.41. The number of esters is 1. The second kappa shape index (κ2) is 4.61. The Morgan fingerprint density at radius 2 is 2.25 bits per heavy atom. The van der Waals surface area contributed by atoms with Crippen LogP contribution in [0.5, 0.6) is 0 Å². The highest BCUT2D eigenvalue weighted by Crippen LogP contribution is 2.39. The van der Waals surface area contributed by atoms with Crippen molar-refractivity contribution in [2.45, 2.75) is 4.90 Å². The number of anilines is 1. The second-order valence-electron chi connectivity index (χ2n) is 3.56. The Hall–Kier alpha value is -1.42. The molecule has 1 aromatic rings. The molecular formula is C12H13NO2S. The van der Waals surface area contributed by atoms with E-state index >= 15 is 0 Å². The van der Waals surface area contributed by atoms with Gasteiger partial charge in [-0.1, -0.05) is 23.9 Å². The van der Waals surface area contributed by atoms with Crippen LogP contribution in [0.3, 0.4) is 0 Å². The average molecular weight is 235 g/mol. The van der Waals surface area contributed by atoms with Crippen molar-refractivity contribution >= 4 is 23.4 Å². The van der Waals surface area contributed by atoms with Gasteiger partial charge in [-0.3, -0.25) is 0 Å². The second-order valence-corrected chi connectivity index (χ2v) is 4.73. The zero-order valence-electron chi connectivity index (χ0n) is 9.27. The summed E-state index contributed by atoms with van der Waals surface area (Å²) in [6.45, 7) is 0.747. The smallest absolute Gasteiger partial charge is 0.331 e. The Labute approximate surface area is 99.1 Å². The molecule has 0 amide bonds. The van der Waals surface area contributed by atoms with Gasteiger partial charge in [0.25, 0.3) is 0 Å². The van der Waals surface area contributed by atoms with Gasteiger partial charge in [0, 0.05) is 29.5 Å². The Kier molecular flexibility index (Phi) is 3.19. The zero-order chi connectivity index (χ0) is 11.5. The lowest BCUT2D eigenvalue weighted by Crippen LogP contribution is -2.23. The highest BCUT2D eigenvalue weighted by atomic mass is 32.2. The molecule has 3 nitrogen and oxygen atoms in total. The summed E-state index contributed by atoms with van der Waals surface area (Å²) in [6, 6.07) is 8.16. The van der Waals surface area contributed by atoms with Gasteiger partial charge in [-0.05, 0) is 12.1 Å². The molecule has 0 spiro atoms. The summed E-state index contributed by atoms with van der Waals surface area (Å²) in [5.41, 5.74) is 1.20. The average Bonchev–Trinajstić information content (AvgIpc) is 2.29. The van der Waals surface area contributed by atoms with Crippen molar-refractivity contribution in [3.63, 3.8) is 0 Å². The molecule has 2 rings (SSSR count). The molecule has 0 fully saturated rings. The largest absolute Gasteiger partial charge is 0.466 e. The van der Waals surface area contributed by atoms with Crippen LogP contribution in [0.15, 0.2) is 40.1 Å². The van der Waals surface area contributed by atoms with E-state index in [1.54, 1.807) is 17.8 Å². The van der Waals surface area contributed by atoms with E-state index in [1.807, 2.05) is 19.2 Å². The minimum atomic E-state index is -0.296. The highest BCUT2D eigenvalue weighted by molar-refractivity contribution is 8.03. The minimum Gasteiger partial charge on any atom is -0.466 e. The lowest BCUT2D eigenvalue weighted by molar-refractivity contribution is -0.134. The van der Waals surface area contributed by atoms with E-state index in [1.165, 1.54) is 17.7 Å². The number of thioether (sulfide) groups is 1. The SMILES string of the molecule is COC(=O)/C=C1/CN(C)c2ccccc2S1. The molecule has 0 radical (unpaired) electrons. The lowest BCUT2D eigenvalue weighted by Gasteiger charge is -2.28. The number of para-hydroxylation sites is 1. The van der Waals surface area contributed by atoms with Crippen LogP contribution in [0.25, 0.3) is 0 Å². The van der Waals surface area contributed by atoms with Crippen LogP contribution in [-0.2, 0) is 9.53 Å². The number of nitrogens with zero attached hydrogens (tertiary/aromatic N) is 1. The van der Waals surface area contributed by atoms with Crippen molar-refractivity contribution in [3.05, 3.63) is 35.2 Å². The van der Waals surface area contributed by atoms with E-state index in [-0.39, 0.29) is 5.97 Å². The molecule has 4 heteroatoms. The topological polar surface area (TPSA) is 29.5 Å². The number of hydrogen-bond donors (Lipinski definition) is 0. The van der Waals surface area contributed by atoms with Crippen molar-refractivity contribution in [3.8, 4) is 0 Å². The molecule has 0 bridgehead atoms. The summed E-state index contributed by atoms with van der Waals surface area (Å²) < 4.78 is 4.63. The molecule has 1 aliphatic heterocycles. The standard InChI is InChI=1S/C12H13NO2S/c1-13-8-9(7-12(14)15-2)16-11-6-4-3-5-10(11)13/h3-7H,8H2,1-2H3/b9-7-. The van der Waals surface area contributed by atoms with Gasteiger partial charge in [0.15, 0.2) is 0 Å². The number of carbonyl (C=O) groups excluding carboxylic acids is 1. The molecule has 84 valence electrons. The lowest BCUT2D eigenvalue weighted by atomic mass is 10.3. The summed E-state index contributed by atoms with van der Waals surface area (Å²) in [6.07, 6.45) is 1.55. The van der Waals surface area contributed by atoms with E-state index in [4.69, 9.17) is 0 Å². The van der Waals surface area contributed by atoms with E-state index < -0.39 is 0 Å². The van der Waals surface area contributed by atoms with Gasteiger partial charge in [-0.2, -0.15) is 0 Å². The van der Waals surface area contributed by atoms with Gasteiger partial charge < -0.3 is 9.64 Å². The van der Waals surface area contributed by atoms with Gasteiger partial charge >= 0.3 is 5.97 Å². The summed E-state index contributed by atoms with van der Waals surface area (Å²) in [5, 5.41) is 0. The van der Waals surface area contributed by atoms with Gasteiger partial charge in [0.1, 0.15) is 0 Å².